The summed E-state index contributed by atoms with van der Waals surface area (Å²) in [6, 6.07) is 4.84. The Labute approximate surface area is 174 Å². The number of hydrogen-bond donors (Lipinski definition) is 2. The Morgan fingerprint density at radius 3 is 2.52 bits per heavy atom. The summed E-state index contributed by atoms with van der Waals surface area (Å²) in [4.78, 5) is 15.1. The predicted molar refractivity (Wildman–Crippen MR) is 113 cm³/mol. The molecule has 1 heterocycles. The molecule has 1 aliphatic heterocycles. The third-order valence-corrected chi connectivity index (χ3v) is 7.56. The van der Waals surface area contributed by atoms with Crippen LogP contribution >= 0.6 is 0 Å². The largest absolute Gasteiger partial charge is 0.495 e. The van der Waals surface area contributed by atoms with Crippen LogP contribution in [0.25, 0.3) is 0 Å². The van der Waals surface area contributed by atoms with E-state index in [1.165, 1.54) is 26.0 Å². The van der Waals surface area contributed by atoms with Crippen molar-refractivity contribution in [2.45, 2.75) is 68.8 Å². The van der Waals surface area contributed by atoms with Crippen molar-refractivity contribution in [2.24, 2.45) is 0 Å². The second-order valence-electron chi connectivity index (χ2n) is 7.98. The first-order chi connectivity index (χ1) is 13.9. The number of carbonyl (C=O) groups excluding carboxylic acids is 1. The number of ether oxygens (including phenoxy) is 1. The van der Waals surface area contributed by atoms with Crippen LogP contribution in [0.4, 0.5) is 0 Å². The lowest BCUT2D eigenvalue weighted by Crippen LogP contribution is -2.42. The van der Waals surface area contributed by atoms with Gasteiger partial charge in [-0.15, -0.1) is 0 Å². The number of nitrogens with one attached hydrogen (secondary N) is 2. The van der Waals surface area contributed by atoms with E-state index in [9.17, 15) is 13.2 Å². The summed E-state index contributed by atoms with van der Waals surface area (Å²) in [5.74, 6) is -0.0156. The number of likely N-dealkylation sites (tertiary alicyclic amines) is 1. The fourth-order valence-corrected chi connectivity index (χ4v) is 5.81. The van der Waals surface area contributed by atoms with Crippen molar-refractivity contribution < 1.29 is 17.9 Å². The van der Waals surface area contributed by atoms with Gasteiger partial charge in [0.15, 0.2) is 0 Å². The van der Waals surface area contributed by atoms with Crippen molar-refractivity contribution in [3.8, 4) is 5.75 Å². The van der Waals surface area contributed by atoms with Crippen LogP contribution in [0.15, 0.2) is 23.1 Å². The molecule has 2 aliphatic rings. The molecule has 1 saturated heterocycles. The number of methoxy groups -OCH3 is 1. The molecule has 0 aromatic heterocycles. The molecule has 0 radical (unpaired) electrons. The van der Waals surface area contributed by atoms with Crippen LogP contribution in [-0.2, 0) is 10.0 Å². The maximum atomic E-state index is 12.9. The van der Waals surface area contributed by atoms with E-state index < -0.39 is 10.0 Å². The second-order valence-corrected chi connectivity index (χ2v) is 9.67. The molecule has 1 unspecified atom stereocenters. The maximum absolute atomic E-state index is 12.9. The van der Waals surface area contributed by atoms with E-state index in [0.29, 0.717) is 18.2 Å². The molecule has 1 aromatic carbocycles. The molecule has 1 amide bonds. The zero-order valence-corrected chi connectivity index (χ0v) is 18.3. The minimum atomic E-state index is -3.75. The van der Waals surface area contributed by atoms with E-state index >= 15 is 0 Å². The lowest BCUT2D eigenvalue weighted by atomic mass is 10.1. The van der Waals surface area contributed by atoms with Gasteiger partial charge in [0.1, 0.15) is 10.6 Å². The van der Waals surface area contributed by atoms with E-state index in [-0.39, 0.29) is 22.6 Å². The van der Waals surface area contributed by atoms with Crippen LogP contribution in [0.3, 0.4) is 0 Å². The van der Waals surface area contributed by atoms with Gasteiger partial charge in [0, 0.05) is 24.2 Å². The van der Waals surface area contributed by atoms with Gasteiger partial charge in [0.25, 0.3) is 5.91 Å². The molecule has 2 N–H and O–H groups in total. The molecule has 1 saturated carbocycles. The van der Waals surface area contributed by atoms with Gasteiger partial charge in [-0.05, 0) is 63.4 Å². The van der Waals surface area contributed by atoms with Crippen LogP contribution in [0.1, 0.15) is 62.2 Å². The van der Waals surface area contributed by atoms with Crippen molar-refractivity contribution >= 4 is 15.9 Å². The molecule has 0 bridgehead atoms. The van der Waals surface area contributed by atoms with Crippen LogP contribution in [-0.4, -0.2) is 58.1 Å². The number of amides is 1. The third kappa shape index (κ3) is 5.49. The van der Waals surface area contributed by atoms with E-state index in [1.54, 1.807) is 12.1 Å². The maximum Gasteiger partial charge on any atom is 0.251 e. The van der Waals surface area contributed by atoms with Gasteiger partial charge < -0.3 is 10.1 Å². The number of carbonyl (C=O) groups is 1. The number of nitrogens with zero attached hydrogens (tertiary/aromatic N) is 1. The van der Waals surface area contributed by atoms with Crippen molar-refractivity contribution in [3.05, 3.63) is 23.8 Å². The Kier molecular flexibility index (Phi) is 7.54. The number of sulfonamides is 1. The highest BCUT2D eigenvalue weighted by molar-refractivity contribution is 7.89. The van der Waals surface area contributed by atoms with Gasteiger partial charge in [-0.1, -0.05) is 19.8 Å². The van der Waals surface area contributed by atoms with Gasteiger partial charge in [-0.2, -0.15) is 0 Å². The molecule has 8 heteroatoms. The Morgan fingerprint density at radius 2 is 1.90 bits per heavy atom. The number of rotatable bonds is 9. The summed E-state index contributed by atoms with van der Waals surface area (Å²) >= 11 is 0. The summed E-state index contributed by atoms with van der Waals surface area (Å²) in [6.07, 6.45) is 7.13. The van der Waals surface area contributed by atoms with Crippen molar-refractivity contribution in [1.82, 2.24) is 14.9 Å². The fourth-order valence-electron chi connectivity index (χ4n) is 4.31. The molecular weight excluding hydrogens is 390 g/mol. The molecule has 162 valence electrons. The molecule has 1 atom stereocenters. The molecular formula is C21H33N3O4S. The lowest BCUT2D eigenvalue weighted by Gasteiger charge is -2.26. The second kappa shape index (κ2) is 9.91. The summed E-state index contributed by atoms with van der Waals surface area (Å²) in [5.41, 5.74) is 0.328. The molecule has 7 nitrogen and oxygen atoms in total. The zero-order valence-electron chi connectivity index (χ0n) is 17.4. The average molecular weight is 424 g/mol. The molecule has 1 aliphatic carbocycles. The first-order valence-electron chi connectivity index (χ1n) is 10.7. The minimum absolute atomic E-state index is 0.0196. The van der Waals surface area contributed by atoms with Gasteiger partial charge >= 0.3 is 0 Å². The van der Waals surface area contributed by atoms with Crippen molar-refractivity contribution in [2.75, 3.05) is 26.7 Å². The van der Waals surface area contributed by atoms with Crippen LogP contribution < -0.4 is 14.8 Å². The Bertz CT molecular complexity index is 800. The van der Waals surface area contributed by atoms with Gasteiger partial charge in [0.05, 0.1) is 7.11 Å². The average Bonchev–Trinajstić information content (AvgIpc) is 3.42. The van der Waals surface area contributed by atoms with Crippen LogP contribution in [0, 0.1) is 0 Å². The highest BCUT2D eigenvalue weighted by Crippen LogP contribution is 2.27. The van der Waals surface area contributed by atoms with E-state index in [1.807, 2.05) is 0 Å². The smallest absolute Gasteiger partial charge is 0.251 e. The zero-order chi connectivity index (χ0) is 20.9. The highest BCUT2D eigenvalue weighted by atomic mass is 32.2. The highest BCUT2D eigenvalue weighted by Gasteiger charge is 2.27. The molecule has 0 spiro atoms. The first-order valence-corrected chi connectivity index (χ1v) is 12.2. The molecule has 2 fully saturated rings. The van der Waals surface area contributed by atoms with Gasteiger partial charge in [0.2, 0.25) is 10.0 Å². The normalized spacial score (nSPS) is 19.4. The summed E-state index contributed by atoms with van der Waals surface area (Å²) < 4.78 is 33.8. The van der Waals surface area contributed by atoms with Crippen molar-refractivity contribution in [3.63, 3.8) is 0 Å². The lowest BCUT2D eigenvalue weighted by molar-refractivity contribution is 0.0937. The van der Waals surface area contributed by atoms with E-state index in [4.69, 9.17) is 4.74 Å². The van der Waals surface area contributed by atoms with Crippen molar-refractivity contribution in [1.29, 1.82) is 0 Å². The molecule has 3 rings (SSSR count). The summed E-state index contributed by atoms with van der Waals surface area (Å²) in [6.45, 7) is 4.84. The SMILES string of the molecule is CCC(CNC(=O)c1ccc(OC)c(S(=O)(=O)NC2CCCC2)c1)N1CCCC1. The topological polar surface area (TPSA) is 87.7 Å². The Morgan fingerprint density at radius 1 is 1.21 bits per heavy atom. The molecule has 29 heavy (non-hydrogen) atoms. The first kappa shape index (κ1) is 22.1. The number of hydrogen-bond acceptors (Lipinski definition) is 5. The quantitative estimate of drug-likeness (QED) is 0.637. The Hall–Kier alpha value is -1.64. The van der Waals surface area contributed by atoms with E-state index in [2.05, 4.69) is 21.9 Å². The minimum Gasteiger partial charge on any atom is -0.495 e. The summed E-state index contributed by atoms with van der Waals surface area (Å²) in [5, 5.41) is 2.98. The van der Waals surface area contributed by atoms with Crippen LogP contribution in [0.2, 0.25) is 0 Å². The number of benzene rings is 1. The Balaban J connectivity index is 1.72. The third-order valence-electron chi connectivity index (χ3n) is 6.02. The van der Waals surface area contributed by atoms with Crippen LogP contribution in [0.5, 0.6) is 5.75 Å². The summed E-state index contributed by atoms with van der Waals surface area (Å²) in [7, 11) is -2.32. The van der Waals surface area contributed by atoms with Gasteiger partial charge in [-0.25, -0.2) is 13.1 Å². The predicted octanol–water partition coefficient (Wildman–Crippen LogP) is 2.52. The van der Waals surface area contributed by atoms with E-state index in [0.717, 1.165) is 45.2 Å². The fraction of sp³-hybridized carbons (Fsp3) is 0.667. The van der Waals surface area contributed by atoms with Gasteiger partial charge in [-0.3, -0.25) is 9.69 Å². The molecule has 1 aromatic rings. The standard InChI is InChI=1S/C21H33N3O4S/c1-3-18(24-12-6-7-13-24)15-22-21(25)16-10-11-19(28-2)20(14-16)29(26,27)23-17-8-4-5-9-17/h10-11,14,17-18,23H,3-9,12-13,15H2,1-2H3,(H,22,25). The monoisotopic (exact) mass is 423 g/mol.